The molecule has 0 fully saturated rings. The van der Waals surface area contributed by atoms with E-state index in [0.29, 0.717) is 60.0 Å². The summed E-state index contributed by atoms with van der Waals surface area (Å²) >= 11 is 23.3. The Morgan fingerprint density at radius 3 is 1.69 bits per heavy atom. The predicted octanol–water partition coefficient (Wildman–Crippen LogP) is 9.75. The number of halogens is 5. The molecule has 6 aromatic rings. The minimum absolute atomic E-state index is 0. The first kappa shape index (κ1) is 51.6. The molecule has 320 valence electrons. The number of aromatic nitrogens is 8. The lowest BCUT2D eigenvalue weighted by atomic mass is 10.2. The highest BCUT2D eigenvalue weighted by atomic mass is 79.9. The van der Waals surface area contributed by atoms with E-state index in [4.69, 9.17) is 55.1 Å². The fraction of sp³-hybridized carbons (Fsp3) is 0.297. The molecule has 0 aliphatic carbocycles. The van der Waals surface area contributed by atoms with E-state index in [0.717, 1.165) is 24.2 Å². The van der Waals surface area contributed by atoms with Gasteiger partial charge in [-0.2, -0.15) is 15.2 Å². The van der Waals surface area contributed by atoms with E-state index in [9.17, 15) is 9.13 Å². The van der Waals surface area contributed by atoms with Gasteiger partial charge in [0.25, 0.3) is 0 Å². The van der Waals surface area contributed by atoms with E-state index in [1.54, 1.807) is 87.3 Å². The summed E-state index contributed by atoms with van der Waals surface area (Å²) < 4.78 is 39.9. The monoisotopic (exact) mass is 1040 g/mol. The van der Waals surface area contributed by atoms with Crippen LogP contribution in [0.3, 0.4) is 0 Å². The number of hydrogen-bond donors (Lipinski definition) is 3. The molecule has 59 heavy (non-hydrogen) atoms. The first-order valence-corrected chi connectivity index (χ1v) is 25.0. The minimum Gasteiger partial charge on any atom is -0.493 e. The first-order valence-electron chi connectivity index (χ1n) is 17.0. The molecule has 2 aromatic carbocycles. The lowest BCUT2D eigenvalue weighted by Gasteiger charge is -2.17. The fourth-order valence-electron chi connectivity index (χ4n) is 4.51. The Labute approximate surface area is 376 Å². The van der Waals surface area contributed by atoms with Gasteiger partial charge in [-0.3, -0.25) is 0 Å². The molecular formula is C37H47Br2Cl3N10O5P2. The van der Waals surface area contributed by atoms with E-state index < -0.39 is 14.3 Å². The molecule has 0 saturated heterocycles. The van der Waals surface area contributed by atoms with Crippen LogP contribution in [0.25, 0.3) is 11.4 Å². The predicted molar refractivity (Wildman–Crippen MR) is 249 cm³/mol. The number of benzene rings is 2. The van der Waals surface area contributed by atoms with E-state index in [1.165, 1.54) is 6.20 Å². The second-order valence-corrected chi connectivity index (χ2v) is 21.7. The van der Waals surface area contributed by atoms with Crippen molar-refractivity contribution < 1.29 is 23.7 Å². The molecular weight excluding hydrogens is 993 g/mol. The Balaban J connectivity index is 0.000000313. The number of nitrogens with one attached hydrogen (secondary N) is 1. The van der Waals surface area contributed by atoms with Crippen molar-refractivity contribution in [1.29, 1.82) is 0 Å². The number of hydrogen-bond acceptors (Lipinski definition) is 13. The Kier molecular flexibility index (Phi) is 21.0. The van der Waals surface area contributed by atoms with E-state index in [-0.39, 0.29) is 18.0 Å². The standard InChI is InChI=1S/C16H16BrClN5O2P.C12H16N3O2P.C4HBrCl2N2.C4H10O.CH4/c1-25-11-7-20-23(9-11)10-4-5-13(14(6-10)26(2,3)24)21-15-12(17)8-19-16(18)22-15;1-17-10-7-14-15(8-10)9-4-5-11(13)12(6-9)18(2,3)16;5-2-1-8-4(7)9-3(2)6;1-2-3-4-5;/h4-9H,1-3H3,(H,19,21,22);4-8H,13H2,1-3H3;1H;5H,2-4H2,1H3;1H4. The van der Waals surface area contributed by atoms with Crippen molar-refractivity contribution in [2.24, 2.45) is 0 Å². The zero-order valence-corrected chi connectivity index (χ0v) is 39.8. The van der Waals surface area contributed by atoms with Crippen molar-refractivity contribution in [2.45, 2.75) is 27.2 Å². The smallest absolute Gasteiger partial charge is 0.224 e. The highest BCUT2D eigenvalue weighted by Crippen LogP contribution is 2.40. The van der Waals surface area contributed by atoms with Crippen LogP contribution in [0.15, 0.2) is 82.5 Å². The maximum absolute atomic E-state index is 12.9. The number of unbranched alkanes of at least 4 members (excludes halogenated alkanes) is 1. The second kappa shape index (κ2) is 24.0. The highest BCUT2D eigenvalue weighted by molar-refractivity contribution is 9.11. The number of aliphatic hydroxyl groups is 1. The molecule has 22 heteroatoms. The summed E-state index contributed by atoms with van der Waals surface area (Å²) in [6.45, 7) is 9.22. The first-order chi connectivity index (χ1) is 27.3. The molecule has 4 N–H and O–H groups in total. The van der Waals surface area contributed by atoms with E-state index in [1.807, 2.05) is 30.3 Å². The number of nitrogens with two attached hydrogens (primary N) is 1. The summed E-state index contributed by atoms with van der Waals surface area (Å²) in [7, 11) is -1.83. The molecule has 0 aliphatic heterocycles. The number of nitrogens with zero attached hydrogens (tertiary/aromatic N) is 8. The summed E-state index contributed by atoms with van der Waals surface area (Å²) in [5.41, 5.74) is 8.67. The summed E-state index contributed by atoms with van der Waals surface area (Å²) in [6.07, 6.45) is 11.8. The lowest BCUT2D eigenvalue weighted by molar-refractivity contribution is 0.287. The molecule has 6 rings (SSSR count). The van der Waals surface area contributed by atoms with Gasteiger partial charge < -0.3 is 34.8 Å². The summed E-state index contributed by atoms with van der Waals surface area (Å²) in [4.78, 5) is 15.4. The van der Waals surface area contributed by atoms with Crippen molar-refractivity contribution >= 4 is 109 Å². The van der Waals surface area contributed by atoms with Crippen LogP contribution in [0.2, 0.25) is 15.7 Å². The topological polar surface area (TPSA) is 198 Å². The number of anilines is 3. The summed E-state index contributed by atoms with van der Waals surface area (Å²) in [5.74, 6) is 1.81. The quantitative estimate of drug-likeness (QED) is 0.0508. The molecule has 0 unspecified atom stereocenters. The van der Waals surface area contributed by atoms with Gasteiger partial charge in [-0.15, -0.1) is 0 Å². The van der Waals surface area contributed by atoms with E-state index in [2.05, 4.69) is 74.2 Å². The molecule has 0 atom stereocenters. The van der Waals surface area contributed by atoms with Gasteiger partial charge in [-0.25, -0.2) is 24.3 Å². The number of ether oxygens (including phenoxy) is 2. The average Bonchev–Trinajstić information content (AvgIpc) is 3.86. The Hall–Kier alpha value is -3.53. The third-order valence-electron chi connectivity index (χ3n) is 7.43. The van der Waals surface area contributed by atoms with Gasteiger partial charge in [0.15, 0.2) is 11.5 Å². The van der Waals surface area contributed by atoms with Crippen molar-refractivity contribution in [2.75, 3.05) is 58.5 Å². The average molecular weight is 1040 g/mol. The van der Waals surface area contributed by atoms with Gasteiger partial charge >= 0.3 is 0 Å². The van der Waals surface area contributed by atoms with Gasteiger partial charge in [0.2, 0.25) is 10.6 Å². The zero-order chi connectivity index (χ0) is 43.2. The SMILES string of the molecule is C.CCCCO.COc1cnn(-c2ccc(N)c(P(C)(C)=O)c2)c1.COc1cnn(-c2ccc(Nc3nc(Cl)ncc3Br)c(P(C)(C)=O)c2)c1.Clc1ncc(Br)c(Cl)n1. The van der Waals surface area contributed by atoms with Crippen LogP contribution < -0.4 is 31.1 Å². The van der Waals surface area contributed by atoms with Crippen molar-refractivity contribution in [3.05, 3.63) is 98.2 Å². The van der Waals surface area contributed by atoms with Crippen molar-refractivity contribution in [1.82, 2.24) is 39.5 Å². The number of aliphatic hydroxyl groups excluding tert-OH is 1. The van der Waals surface area contributed by atoms with Crippen molar-refractivity contribution in [3.8, 4) is 22.9 Å². The number of methoxy groups -OCH3 is 2. The third kappa shape index (κ3) is 16.1. The Bertz CT molecular complexity index is 2380. The molecule has 0 spiro atoms. The van der Waals surface area contributed by atoms with Crippen LogP contribution in [0.5, 0.6) is 11.5 Å². The largest absolute Gasteiger partial charge is 0.493 e. The van der Waals surface area contributed by atoms with Crippen LogP contribution >= 0.6 is 80.9 Å². The second-order valence-electron chi connectivity index (χ2n) is 12.6. The van der Waals surface area contributed by atoms with Crippen LogP contribution in [-0.2, 0) is 9.13 Å². The zero-order valence-electron chi connectivity index (χ0n) is 32.6. The molecule has 0 amide bonds. The Morgan fingerprint density at radius 1 is 0.780 bits per heavy atom. The highest BCUT2D eigenvalue weighted by Gasteiger charge is 2.20. The molecule has 0 aliphatic rings. The molecule has 15 nitrogen and oxygen atoms in total. The molecule has 4 aromatic heterocycles. The van der Waals surface area contributed by atoms with Gasteiger partial charge in [0.05, 0.1) is 65.0 Å². The number of nitrogen functional groups attached to an aromatic ring is 1. The fourth-order valence-corrected chi connectivity index (χ4v) is 7.72. The van der Waals surface area contributed by atoms with Gasteiger partial charge in [0, 0.05) is 35.3 Å². The third-order valence-corrected chi connectivity index (χ3v) is 12.5. The van der Waals surface area contributed by atoms with Crippen molar-refractivity contribution in [3.63, 3.8) is 0 Å². The maximum atomic E-state index is 12.9. The van der Waals surface area contributed by atoms with Gasteiger partial charge in [0.1, 0.15) is 25.3 Å². The van der Waals surface area contributed by atoms with Crippen LogP contribution in [-0.4, -0.2) is 92.1 Å². The molecule has 4 heterocycles. The number of rotatable bonds is 10. The molecule has 0 bridgehead atoms. The van der Waals surface area contributed by atoms with Gasteiger partial charge in [-0.05, 0) is 125 Å². The molecule has 0 saturated carbocycles. The minimum atomic E-state index is -2.59. The van der Waals surface area contributed by atoms with Crippen LogP contribution in [0.1, 0.15) is 27.2 Å². The normalized spacial score (nSPS) is 10.7. The van der Waals surface area contributed by atoms with Crippen LogP contribution in [0, 0.1) is 0 Å². The summed E-state index contributed by atoms with van der Waals surface area (Å²) in [5, 5.41) is 21.6. The maximum Gasteiger partial charge on any atom is 0.224 e. The Morgan fingerprint density at radius 2 is 1.27 bits per heavy atom. The van der Waals surface area contributed by atoms with Gasteiger partial charge in [-0.1, -0.05) is 32.4 Å². The molecule has 0 radical (unpaired) electrons. The lowest BCUT2D eigenvalue weighted by Crippen LogP contribution is -2.12. The van der Waals surface area contributed by atoms with E-state index >= 15 is 0 Å². The van der Waals surface area contributed by atoms with Crippen LogP contribution in [0.4, 0.5) is 17.2 Å². The summed E-state index contributed by atoms with van der Waals surface area (Å²) in [6, 6.07) is 10.9.